The van der Waals surface area contributed by atoms with Crippen LogP contribution in [-0.2, 0) is 9.53 Å². The van der Waals surface area contributed by atoms with Gasteiger partial charge in [0, 0.05) is 18.5 Å². The first-order valence-electron chi connectivity index (χ1n) is 8.94. The quantitative estimate of drug-likeness (QED) is 0.848. The summed E-state index contributed by atoms with van der Waals surface area (Å²) in [7, 11) is 1.76. The van der Waals surface area contributed by atoms with Gasteiger partial charge in [-0.05, 0) is 25.8 Å². The molecule has 2 aromatic rings. The van der Waals surface area contributed by atoms with Crippen LogP contribution in [0, 0.1) is 0 Å². The topological polar surface area (TPSA) is 92.4 Å². The second kappa shape index (κ2) is 7.68. The number of hydrogen-bond donors (Lipinski definition) is 1. The molecule has 0 radical (unpaired) electrons. The lowest BCUT2D eigenvalue weighted by Crippen LogP contribution is -2.44. The second-order valence-electron chi connectivity index (χ2n) is 6.74. The van der Waals surface area contributed by atoms with Crippen LogP contribution in [0.5, 0.6) is 0 Å². The monoisotopic (exact) mass is 357 g/mol. The molecule has 1 aliphatic rings. The van der Waals surface area contributed by atoms with Crippen molar-refractivity contribution in [1.29, 1.82) is 0 Å². The lowest BCUT2D eigenvalue weighted by Gasteiger charge is -2.32. The van der Waals surface area contributed by atoms with Crippen LogP contribution in [0.4, 0.5) is 0 Å². The minimum absolute atomic E-state index is 0.000157. The van der Waals surface area contributed by atoms with Crippen molar-refractivity contribution in [3.05, 3.63) is 40.3 Å². The number of ether oxygens (including phenoxy) is 1. The van der Waals surface area contributed by atoms with Crippen LogP contribution in [0.15, 0.2) is 29.1 Å². The van der Waals surface area contributed by atoms with Crippen LogP contribution < -0.4 is 5.56 Å². The Balaban J connectivity index is 1.74. The Hall–Kier alpha value is -2.70. The highest BCUT2D eigenvalue weighted by atomic mass is 16.5. The van der Waals surface area contributed by atoms with Crippen LogP contribution in [-0.4, -0.2) is 46.2 Å². The molecule has 1 atom stereocenters. The van der Waals surface area contributed by atoms with Gasteiger partial charge in [-0.15, -0.1) is 0 Å². The van der Waals surface area contributed by atoms with E-state index in [1.807, 2.05) is 0 Å². The molecule has 7 heteroatoms. The van der Waals surface area contributed by atoms with Crippen molar-refractivity contribution in [1.82, 2.24) is 15.1 Å². The Morgan fingerprint density at radius 2 is 1.85 bits per heavy atom. The third-order valence-electron chi connectivity index (χ3n) is 4.99. The van der Waals surface area contributed by atoms with Crippen molar-refractivity contribution in [3.63, 3.8) is 0 Å². The first kappa shape index (κ1) is 18.1. The maximum Gasteiger partial charge on any atom is 0.360 e. The maximum absolute atomic E-state index is 12.6. The summed E-state index contributed by atoms with van der Waals surface area (Å²) in [5.74, 6) is -0.950. The summed E-state index contributed by atoms with van der Waals surface area (Å²) in [4.78, 5) is 38.6. The molecule has 1 amide bonds. The summed E-state index contributed by atoms with van der Waals surface area (Å²) >= 11 is 0. The molecule has 1 aliphatic carbocycles. The van der Waals surface area contributed by atoms with E-state index in [2.05, 4.69) is 10.2 Å². The number of aromatic nitrogens is 2. The number of fused-ring (bicyclic) bond motifs is 1. The molecular formula is C19H23N3O4. The summed E-state index contributed by atoms with van der Waals surface area (Å²) in [6.07, 6.45) is 4.48. The Morgan fingerprint density at radius 3 is 2.54 bits per heavy atom. The van der Waals surface area contributed by atoms with Gasteiger partial charge in [-0.2, -0.15) is 5.10 Å². The zero-order chi connectivity index (χ0) is 18.7. The average Bonchev–Trinajstić information content (AvgIpc) is 2.67. The summed E-state index contributed by atoms with van der Waals surface area (Å²) in [6, 6.07) is 6.86. The maximum atomic E-state index is 12.6. The standard InChI is InChI=1S/C19H23N3O4/c1-12(18(24)22(2)13-8-4-3-5-9-13)26-19(25)16-14-10-6-7-11-15(14)17(23)21-20-16/h6-7,10-13H,3-5,8-9H2,1-2H3,(H,21,23)/t12-/m1/s1. The van der Waals surface area contributed by atoms with Crippen LogP contribution in [0.1, 0.15) is 49.5 Å². The number of H-pyrrole nitrogens is 1. The highest BCUT2D eigenvalue weighted by Crippen LogP contribution is 2.22. The summed E-state index contributed by atoms with van der Waals surface area (Å²) in [5, 5.41) is 6.87. The van der Waals surface area contributed by atoms with Crippen molar-refractivity contribution < 1.29 is 14.3 Å². The molecule has 1 saturated carbocycles. The zero-order valence-electron chi connectivity index (χ0n) is 15.0. The summed E-state index contributed by atoms with van der Waals surface area (Å²) in [6.45, 7) is 1.56. The van der Waals surface area contributed by atoms with Gasteiger partial charge in [0.15, 0.2) is 11.8 Å². The third kappa shape index (κ3) is 3.61. The summed E-state index contributed by atoms with van der Waals surface area (Å²) in [5.41, 5.74) is -0.376. The molecule has 0 saturated heterocycles. The molecule has 26 heavy (non-hydrogen) atoms. The van der Waals surface area contributed by atoms with E-state index in [-0.39, 0.29) is 23.2 Å². The number of nitrogens with zero attached hydrogens (tertiary/aromatic N) is 2. The first-order valence-corrected chi connectivity index (χ1v) is 8.94. The molecule has 7 nitrogen and oxygen atoms in total. The Kier molecular flexibility index (Phi) is 5.35. The molecule has 0 spiro atoms. The van der Waals surface area contributed by atoms with E-state index >= 15 is 0 Å². The Labute approximate surface area is 151 Å². The van der Waals surface area contributed by atoms with E-state index < -0.39 is 12.1 Å². The minimum atomic E-state index is -0.915. The van der Waals surface area contributed by atoms with Crippen LogP contribution in [0.3, 0.4) is 0 Å². The van der Waals surface area contributed by atoms with Gasteiger partial charge in [0.05, 0.1) is 5.39 Å². The molecule has 1 fully saturated rings. The lowest BCUT2D eigenvalue weighted by atomic mass is 9.94. The molecule has 0 bridgehead atoms. The number of carbonyl (C=O) groups excluding carboxylic acids is 2. The van der Waals surface area contributed by atoms with Gasteiger partial charge in [0.2, 0.25) is 0 Å². The Morgan fingerprint density at radius 1 is 1.19 bits per heavy atom. The van der Waals surface area contributed by atoms with Gasteiger partial charge in [-0.3, -0.25) is 9.59 Å². The van der Waals surface area contributed by atoms with Gasteiger partial charge in [-0.25, -0.2) is 9.89 Å². The predicted octanol–water partition coefficient (Wildman–Crippen LogP) is 2.26. The smallest absolute Gasteiger partial charge is 0.360 e. The highest BCUT2D eigenvalue weighted by molar-refractivity contribution is 6.02. The van der Waals surface area contributed by atoms with Gasteiger partial charge in [-0.1, -0.05) is 37.5 Å². The largest absolute Gasteiger partial charge is 0.448 e. The Bertz CT molecular complexity index is 870. The SMILES string of the molecule is C[C@@H](OC(=O)c1n[nH]c(=O)c2ccccc12)C(=O)N(C)C1CCCCC1. The van der Waals surface area contributed by atoms with Gasteiger partial charge in [0.25, 0.3) is 11.5 Å². The zero-order valence-corrected chi connectivity index (χ0v) is 15.0. The van der Waals surface area contributed by atoms with Gasteiger partial charge in [0.1, 0.15) is 0 Å². The van der Waals surface area contributed by atoms with Crippen molar-refractivity contribution in [2.24, 2.45) is 0 Å². The normalized spacial score (nSPS) is 16.2. The number of carbonyl (C=O) groups is 2. The predicted molar refractivity (Wildman–Crippen MR) is 96.9 cm³/mol. The van der Waals surface area contributed by atoms with Crippen molar-refractivity contribution >= 4 is 22.6 Å². The summed E-state index contributed by atoms with van der Waals surface area (Å²) < 4.78 is 5.34. The molecule has 1 aromatic carbocycles. The van der Waals surface area contributed by atoms with Crippen molar-refractivity contribution in [2.75, 3.05) is 7.05 Å². The molecule has 0 unspecified atom stereocenters. The van der Waals surface area contributed by atoms with Crippen LogP contribution in [0.25, 0.3) is 10.8 Å². The van der Waals surface area contributed by atoms with E-state index in [4.69, 9.17) is 4.74 Å². The number of hydrogen-bond acceptors (Lipinski definition) is 5. The average molecular weight is 357 g/mol. The number of likely N-dealkylation sites (N-methyl/N-ethyl adjacent to an activating group) is 1. The molecule has 0 aliphatic heterocycles. The number of esters is 1. The van der Waals surface area contributed by atoms with E-state index in [9.17, 15) is 14.4 Å². The third-order valence-corrected chi connectivity index (χ3v) is 4.99. The molecule has 1 heterocycles. The van der Waals surface area contributed by atoms with Gasteiger partial charge >= 0.3 is 5.97 Å². The fraction of sp³-hybridized carbons (Fsp3) is 0.474. The van der Waals surface area contributed by atoms with Crippen molar-refractivity contribution in [2.45, 2.75) is 51.2 Å². The number of benzene rings is 1. The molecular weight excluding hydrogens is 334 g/mol. The van der Waals surface area contributed by atoms with Gasteiger partial charge < -0.3 is 9.64 Å². The van der Waals surface area contributed by atoms with Crippen LogP contribution >= 0.6 is 0 Å². The number of amides is 1. The van der Waals surface area contributed by atoms with E-state index in [0.29, 0.717) is 10.8 Å². The molecule has 3 rings (SSSR count). The first-order chi connectivity index (χ1) is 12.5. The van der Waals surface area contributed by atoms with E-state index in [0.717, 1.165) is 25.7 Å². The number of nitrogens with one attached hydrogen (secondary N) is 1. The number of aromatic amines is 1. The van der Waals surface area contributed by atoms with Crippen LogP contribution in [0.2, 0.25) is 0 Å². The van der Waals surface area contributed by atoms with E-state index in [1.54, 1.807) is 43.1 Å². The molecule has 1 N–H and O–H groups in total. The fourth-order valence-electron chi connectivity index (χ4n) is 3.47. The van der Waals surface area contributed by atoms with Crippen molar-refractivity contribution in [3.8, 4) is 0 Å². The van der Waals surface area contributed by atoms with E-state index in [1.165, 1.54) is 6.42 Å². The molecule has 138 valence electrons. The lowest BCUT2D eigenvalue weighted by molar-refractivity contribution is -0.141. The second-order valence-corrected chi connectivity index (χ2v) is 6.74. The number of rotatable bonds is 4. The minimum Gasteiger partial charge on any atom is -0.448 e. The molecule has 1 aromatic heterocycles. The fourth-order valence-corrected chi connectivity index (χ4v) is 3.47. The highest BCUT2D eigenvalue weighted by Gasteiger charge is 2.28.